The second-order valence-electron chi connectivity index (χ2n) is 8.91. The molecule has 1 saturated carbocycles. The summed E-state index contributed by atoms with van der Waals surface area (Å²) in [6, 6.07) is 12.1. The number of hydrogen-bond donors (Lipinski definition) is 2. The van der Waals surface area contributed by atoms with Crippen molar-refractivity contribution in [3.05, 3.63) is 64.8 Å². The van der Waals surface area contributed by atoms with Gasteiger partial charge in [0.15, 0.2) is 0 Å². The van der Waals surface area contributed by atoms with E-state index in [1.807, 2.05) is 18.3 Å². The number of carboxylic acids is 1. The Bertz CT molecular complexity index is 1100. The maximum atomic E-state index is 11.3. The number of likely N-dealkylation sites (tertiary alicyclic amines) is 1. The van der Waals surface area contributed by atoms with E-state index in [1.165, 1.54) is 53.3 Å². The van der Waals surface area contributed by atoms with E-state index in [4.69, 9.17) is 4.74 Å². The van der Waals surface area contributed by atoms with Gasteiger partial charge in [0, 0.05) is 35.2 Å². The van der Waals surface area contributed by atoms with Crippen molar-refractivity contribution in [1.82, 2.24) is 9.88 Å². The van der Waals surface area contributed by atoms with Crippen molar-refractivity contribution in [3.63, 3.8) is 0 Å². The fourth-order valence-electron chi connectivity index (χ4n) is 5.50. The first kappa shape index (κ1) is 19.2. The van der Waals surface area contributed by atoms with E-state index in [1.54, 1.807) is 19.2 Å². The average molecular weight is 405 g/mol. The molecule has 0 unspecified atom stereocenters. The summed E-state index contributed by atoms with van der Waals surface area (Å²) in [4.78, 5) is 17.3. The Hall–Kier alpha value is -2.79. The lowest BCUT2D eigenvalue weighted by atomic mass is 9.81. The summed E-state index contributed by atoms with van der Waals surface area (Å²) in [6.07, 6.45) is 6.95. The molecule has 156 valence electrons. The topological polar surface area (TPSA) is 65.6 Å². The van der Waals surface area contributed by atoms with Gasteiger partial charge in [-0.05, 0) is 80.0 Å². The zero-order valence-electron chi connectivity index (χ0n) is 17.6. The normalized spacial score (nSPS) is 20.5. The van der Waals surface area contributed by atoms with E-state index in [0.29, 0.717) is 17.0 Å². The first-order chi connectivity index (χ1) is 14.5. The van der Waals surface area contributed by atoms with Gasteiger partial charge in [0.05, 0.1) is 12.7 Å². The number of carboxylic acid groups (broad SMARTS) is 1. The highest BCUT2D eigenvalue weighted by Crippen LogP contribution is 2.62. The van der Waals surface area contributed by atoms with Crippen LogP contribution in [0.3, 0.4) is 0 Å². The molecule has 5 nitrogen and oxygen atoms in total. The summed E-state index contributed by atoms with van der Waals surface area (Å²) in [5, 5.41) is 10.5. The van der Waals surface area contributed by atoms with Crippen LogP contribution >= 0.6 is 0 Å². The van der Waals surface area contributed by atoms with Crippen LogP contribution < -0.4 is 4.74 Å². The third kappa shape index (κ3) is 3.08. The number of fused-ring (bicyclic) bond motifs is 1. The number of carbonyl (C=O) groups is 1. The summed E-state index contributed by atoms with van der Waals surface area (Å²) >= 11 is 0. The van der Waals surface area contributed by atoms with Gasteiger partial charge in [-0.15, -0.1) is 0 Å². The number of aromatic nitrogens is 1. The van der Waals surface area contributed by atoms with Gasteiger partial charge in [0.1, 0.15) is 5.75 Å². The van der Waals surface area contributed by atoms with Crippen molar-refractivity contribution >= 4 is 16.9 Å². The number of nitrogens with zero attached hydrogens (tertiary/aromatic N) is 1. The standard InChI is InChI=1S/C25H28N2O3/c1-16-14-21(30-2)20(19-8-12-26-22(16)19)15-27-13-3-9-25(10-11-25)23(27)17-4-6-18(7-5-17)24(28)29/h4-8,12,14,23,26H,3,9-11,13,15H2,1-2H3,(H,28,29)/t23-/m1/s1. The van der Waals surface area contributed by atoms with Gasteiger partial charge in [-0.2, -0.15) is 0 Å². The van der Waals surface area contributed by atoms with Crippen molar-refractivity contribution in [2.75, 3.05) is 13.7 Å². The Morgan fingerprint density at radius 1 is 1.23 bits per heavy atom. The number of H-pyrrole nitrogens is 1. The molecular weight excluding hydrogens is 376 g/mol. The van der Waals surface area contributed by atoms with E-state index < -0.39 is 5.97 Å². The Morgan fingerprint density at radius 2 is 2.00 bits per heavy atom. The molecule has 1 aliphatic carbocycles. The van der Waals surface area contributed by atoms with Crippen LogP contribution in [-0.2, 0) is 6.54 Å². The van der Waals surface area contributed by atoms with E-state index in [2.05, 4.69) is 28.9 Å². The number of hydrogen-bond acceptors (Lipinski definition) is 3. The third-order valence-corrected chi connectivity index (χ3v) is 7.12. The van der Waals surface area contributed by atoms with Gasteiger partial charge < -0.3 is 14.8 Å². The molecule has 5 rings (SSSR count). The summed E-state index contributed by atoms with van der Waals surface area (Å²) in [5.74, 6) is 0.0671. The summed E-state index contributed by atoms with van der Waals surface area (Å²) in [6.45, 7) is 3.97. The summed E-state index contributed by atoms with van der Waals surface area (Å²) in [7, 11) is 1.75. The minimum Gasteiger partial charge on any atom is -0.496 e. The summed E-state index contributed by atoms with van der Waals surface area (Å²) < 4.78 is 5.79. The molecule has 0 amide bonds. The van der Waals surface area contributed by atoms with Crippen LogP contribution in [0.15, 0.2) is 42.6 Å². The molecular formula is C25H28N2O3. The number of aromatic amines is 1. The maximum Gasteiger partial charge on any atom is 0.335 e. The second kappa shape index (κ2) is 7.17. The summed E-state index contributed by atoms with van der Waals surface area (Å²) in [5.41, 5.74) is 5.50. The number of benzene rings is 2. The molecule has 5 heteroatoms. The first-order valence-corrected chi connectivity index (χ1v) is 10.7. The predicted octanol–water partition coefficient (Wildman–Crippen LogP) is 5.30. The molecule has 1 aliphatic heterocycles. The van der Waals surface area contributed by atoms with Crippen LogP contribution in [0, 0.1) is 12.3 Å². The van der Waals surface area contributed by atoms with Crippen molar-refractivity contribution in [2.45, 2.75) is 45.2 Å². The van der Waals surface area contributed by atoms with E-state index >= 15 is 0 Å². The molecule has 2 fully saturated rings. The molecule has 1 spiro atoms. The van der Waals surface area contributed by atoms with Gasteiger partial charge in [-0.3, -0.25) is 4.90 Å². The van der Waals surface area contributed by atoms with Crippen LogP contribution in [0.2, 0.25) is 0 Å². The van der Waals surface area contributed by atoms with Crippen LogP contribution in [-0.4, -0.2) is 34.6 Å². The van der Waals surface area contributed by atoms with Gasteiger partial charge in [-0.1, -0.05) is 12.1 Å². The quantitative estimate of drug-likeness (QED) is 0.606. The highest BCUT2D eigenvalue weighted by atomic mass is 16.5. The van der Waals surface area contributed by atoms with Crippen LogP contribution in [0.25, 0.3) is 10.9 Å². The van der Waals surface area contributed by atoms with Crippen LogP contribution in [0.4, 0.5) is 0 Å². The average Bonchev–Trinajstić information content (AvgIpc) is 3.31. The monoisotopic (exact) mass is 404 g/mol. The van der Waals surface area contributed by atoms with E-state index in [-0.39, 0.29) is 0 Å². The lowest BCUT2D eigenvalue weighted by Gasteiger charge is -2.43. The first-order valence-electron chi connectivity index (χ1n) is 10.7. The molecule has 0 radical (unpaired) electrons. The molecule has 2 aliphatic rings. The smallest absolute Gasteiger partial charge is 0.335 e. The SMILES string of the molecule is COc1cc(C)c2[nH]ccc2c1CN1CCCC2(CC2)[C@H]1c1ccc(C(=O)O)cc1. The second-order valence-corrected chi connectivity index (χ2v) is 8.91. The molecule has 1 aromatic heterocycles. The number of methoxy groups -OCH3 is 1. The Labute approximate surface area is 176 Å². The molecule has 30 heavy (non-hydrogen) atoms. The zero-order chi connectivity index (χ0) is 20.9. The number of aromatic carboxylic acids is 1. The van der Waals surface area contributed by atoms with Crippen molar-refractivity contribution in [2.24, 2.45) is 5.41 Å². The van der Waals surface area contributed by atoms with Crippen LogP contribution in [0.1, 0.15) is 58.8 Å². The highest BCUT2D eigenvalue weighted by Gasteiger charge is 2.53. The number of nitrogens with one attached hydrogen (secondary N) is 1. The Balaban J connectivity index is 1.55. The molecule has 2 heterocycles. The molecule has 1 saturated heterocycles. The molecule has 3 aromatic rings. The van der Waals surface area contributed by atoms with E-state index in [0.717, 1.165) is 18.8 Å². The van der Waals surface area contributed by atoms with E-state index in [9.17, 15) is 9.90 Å². The molecule has 1 atom stereocenters. The van der Waals surface area contributed by atoms with Gasteiger partial charge in [-0.25, -0.2) is 4.79 Å². The minimum absolute atomic E-state index is 0.314. The number of piperidine rings is 1. The third-order valence-electron chi connectivity index (χ3n) is 7.12. The molecule has 2 aromatic carbocycles. The minimum atomic E-state index is -0.873. The fraction of sp³-hybridized carbons (Fsp3) is 0.400. The Morgan fingerprint density at radius 3 is 2.67 bits per heavy atom. The van der Waals surface area contributed by atoms with Crippen molar-refractivity contribution in [1.29, 1.82) is 0 Å². The zero-order valence-corrected chi connectivity index (χ0v) is 17.6. The Kier molecular flexibility index (Phi) is 4.58. The van der Waals surface area contributed by atoms with Crippen LogP contribution in [0.5, 0.6) is 5.75 Å². The maximum absolute atomic E-state index is 11.3. The lowest BCUT2D eigenvalue weighted by molar-refractivity contribution is 0.0689. The molecule has 2 N–H and O–H groups in total. The lowest BCUT2D eigenvalue weighted by Crippen LogP contribution is -2.39. The van der Waals surface area contributed by atoms with Crippen molar-refractivity contribution < 1.29 is 14.6 Å². The highest BCUT2D eigenvalue weighted by molar-refractivity contribution is 5.88. The fourth-order valence-corrected chi connectivity index (χ4v) is 5.50. The largest absolute Gasteiger partial charge is 0.496 e. The number of rotatable bonds is 5. The van der Waals surface area contributed by atoms with Gasteiger partial charge in [0.2, 0.25) is 0 Å². The van der Waals surface area contributed by atoms with Gasteiger partial charge >= 0.3 is 5.97 Å². The number of ether oxygens (including phenoxy) is 1. The van der Waals surface area contributed by atoms with Gasteiger partial charge in [0.25, 0.3) is 0 Å². The predicted molar refractivity (Wildman–Crippen MR) is 117 cm³/mol. The van der Waals surface area contributed by atoms with Crippen molar-refractivity contribution in [3.8, 4) is 5.75 Å². The molecule has 0 bridgehead atoms. The number of aryl methyl sites for hydroxylation is 1.